The van der Waals surface area contributed by atoms with Crippen molar-refractivity contribution < 1.29 is 5.11 Å². The summed E-state index contributed by atoms with van der Waals surface area (Å²) in [5.74, 6) is 1.06. The summed E-state index contributed by atoms with van der Waals surface area (Å²) in [6.07, 6.45) is 1.61. The van der Waals surface area contributed by atoms with Crippen molar-refractivity contribution in [1.82, 2.24) is 0 Å². The molecule has 0 bridgehead atoms. The second-order valence-corrected chi connectivity index (χ2v) is 4.48. The fourth-order valence-electron chi connectivity index (χ4n) is 2.52. The summed E-state index contributed by atoms with van der Waals surface area (Å²) >= 11 is 0. The number of hydrogen-bond acceptors (Lipinski definition) is 2. The Bertz CT molecular complexity index is 508. The summed E-state index contributed by atoms with van der Waals surface area (Å²) < 4.78 is 0. The third-order valence-corrected chi connectivity index (χ3v) is 3.71. The maximum Gasteiger partial charge on any atom is 0.119 e. The molecule has 0 radical (unpaired) electrons. The quantitative estimate of drug-likeness (QED) is 0.671. The summed E-state index contributed by atoms with van der Waals surface area (Å²) in [6, 6.07) is 5.82. The molecule has 2 unspecified atom stereocenters. The Morgan fingerprint density at radius 3 is 2.62 bits per heavy atom. The van der Waals surface area contributed by atoms with Crippen molar-refractivity contribution >= 4 is 5.57 Å². The van der Waals surface area contributed by atoms with Gasteiger partial charge in [-0.15, -0.1) is 0 Å². The van der Waals surface area contributed by atoms with Gasteiger partial charge in [0.25, 0.3) is 0 Å². The van der Waals surface area contributed by atoms with Crippen molar-refractivity contribution in [2.75, 3.05) is 0 Å². The second-order valence-electron chi connectivity index (χ2n) is 4.48. The molecule has 0 saturated heterocycles. The highest BCUT2D eigenvalue weighted by atomic mass is 16.3. The van der Waals surface area contributed by atoms with Crippen LogP contribution < -0.4 is 0 Å². The van der Waals surface area contributed by atoms with E-state index < -0.39 is 0 Å². The lowest BCUT2D eigenvalue weighted by Crippen LogP contribution is -1.97. The molecule has 2 heteroatoms. The SMILES string of the molecule is Cc1c(O)ccc2c1/C(=C\C#N)C(C)C2C. The topological polar surface area (TPSA) is 44.0 Å². The minimum Gasteiger partial charge on any atom is -0.508 e. The molecule has 0 aromatic heterocycles. The lowest BCUT2D eigenvalue weighted by atomic mass is 9.94. The summed E-state index contributed by atoms with van der Waals surface area (Å²) in [7, 11) is 0. The highest BCUT2D eigenvalue weighted by molar-refractivity contribution is 5.80. The normalized spacial score (nSPS) is 25.5. The van der Waals surface area contributed by atoms with E-state index in [1.807, 2.05) is 13.0 Å². The highest BCUT2D eigenvalue weighted by Crippen LogP contribution is 2.48. The van der Waals surface area contributed by atoms with E-state index in [0.717, 1.165) is 16.7 Å². The molecule has 2 nitrogen and oxygen atoms in total. The molecule has 0 saturated carbocycles. The molecule has 1 aliphatic rings. The van der Waals surface area contributed by atoms with Gasteiger partial charge in [-0.25, -0.2) is 0 Å². The van der Waals surface area contributed by atoms with Gasteiger partial charge in [-0.2, -0.15) is 5.26 Å². The average Bonchev–Trinajstić information content (AvgIpc) is 2.50. The summed E-state index contributed by atoms with van der Waals surface area (Å²) in [4.78, 5) is 0. The predicted octanol–water partition coefficient (Wildman–Crippen LogP) is 3.36. The van der Waals surface area contributed by atoms with E-state index in [2.05, 4.69) is 19.9 Å². The first-order valence-corrected chi connectivity index (χ1v) is 5.50. The Balaban J connectivity index is 2.73. The lowest BCUT2D eigenvalue weighted by molar-refractivity contribution is 0.470. The Morgan fingerprint density at radius 1 is 1.31 bits per heavy atom. The van der Waals surface area contributed by atoms with E-state index in [-0.39, 0.29) is 0 Å². The smallest absolute Gasteiger partial charge is 0.119 e. The first-order valence-electron chi connectivity index (χ1n) is 5.50. The van der Waals surface area contributed by atoms with Crippen LogP contribution in [-0.4, -0.2) is 5.11 Å². The van der Waals surface area contributed by atoms with Gasteiger partial charge < -0.3 is 5.11 Å². The fraction of sp³-hybridized carbons (Fsp3) is 0.357. The molecule has 0 fully saturated rings. The van der Waals surface area contributed by atoms with E-state index >= 15 is 0 Å². The molecule has 1 aromatic rings. The number of benzene rings is 1. The number of allylic oxidation sites excluding steroid dienone is 2. The molecule has 0 heterocycles. The summed E-state index contributed by atoms with van der Waals surface area (Å²) in [6.45, 7) is 6.20. The van der Waals surface area contributed by atoms with Gasteiger partial charge in [-0.05, 0) is 47.1 Å². The Morgan fingerprint density at radius 2 is 2.00 bits per heavy atom. The fourth-order valence-corrected chi connectivity index (χ4v) is 2.52. The zero-order chi connectivity index (χ0) is 11.9. The van der Waals surface area contributed by atoms with Crippen LogP contribution in [-0.2, 0) is 0 Å². The van der Waals surface area contributed by atoms with Gasteiger partial charge in [-0.3, -0.25) is 0 Å². The standard InChI is InChI=1S/C14H15NO/c1-8-9(2)12(6-7-15)14-10(3)13(16)5-4-11(8)14/h4-6,8-9,16H,1-3H3/b12-6-. The molecule has 82 valence electrons. The van der Waals surface area contributed by atoms with E-state index in [0.29, 0.717) is 17.6 Å². The Hall–Kier alpha value is -1.75. The van der Waals surface area contributed by atoms with E-state index in [4.69, 9.17) is 5.26 Å². The van der Waals surface area contributed by atoms with Crippen molar-refractivity contribution in [2.24, 2.45) is 5.92 Å². The van der Waals surface area contributed by atoms with Crippen LogP contribution in [0, 0.1) is 24.2 Å². The van der Waals surface area contributed by atoms with Crippen LogP contribution in [0.5, 0.6) is 5.75 Å². The van der Waals surface area contributed by atoms with Gasteiger partial charge in [0.15, 0.2) is 0 Å². The molecule has 0 aliphatic heterocycles. The number of phenolic OH excluding ortho intramolecular Hbond substituents is 1. The van der Waals surface area contributed by atoms with Crippen molar-refractivity contribution in [1.29, 1.82) is 5.26 Å². The van der Waals surface area contributed by atoms with Gasteiger partial charge in [0.05, 0.1) is 6.07 Å². The van der Waals surface area contributed by atoms with Crippen LogP contribution in [0.25, 0.3) is 5.57 Å². The van der Waals surface area contributed by atoms with Crippen molar-refractivity contribution in [3.8, 4) is 11.8 Å². The van der Waals surface area contributed by atoms with E-state index in [1.165, 1.54) is 5.56 Å². The number of rotatable bonds is 0. The van der Waals surface area contributed by atoms with E-state index in [1.54, 1.807) is 12.1 Å². The third-order valence-electron chi connectivity index (χ3n) is 3.71. The van der Waals surface area contributed by atoms with Crippen molar-refractivity contribution in [3.63, 3.8) is 0 Å². The molecule has 0 amide bonds. The van der Waals surface area contributed by atoms with Crippen LogP contribution >= 0.6 is 0 Å². The van der Waals surface area contributed by atoms with Gasteiger partial charge >= 0.3 is 0 Å². The zero-order valence-corrected chi connectivity index (χ0v) is 9.78. The molecule has 0 spiro atoms. The van der Waals surface area contributed by atoms with E-state index in [9.17, 15) is 5.11 Å². The molecule has 1 aliphatic carbocycles. The Kier molecular flexibility index (Phi) is 2.47. The molecular weight excluding hydrogens is 198 g/mol. The molecule has 2 atom stereocenters. The minimum absolute atomic E-state index is 0.309. The predicted molar refractivity (Wildman–Crippen MR) is 64.0 cm³/mol. The minimum atomic E-state index is 0.309. The molecule has 1 N–H and O–H groups in total. The largest absolute Gasteiger partial charge is 0.508 e. The van der Waals surface area contributed by atoms with Gasteiger partial charge in [0.2, 0.25) is 0 Å². The maximum atomic E-state index is 9.73. The third kappa shape index (κ3) is 1.32. The van der Waals surface area contributed by atoms with Crippen LogP contribution in [0.1, 0.15) is 36.5 Å². The van der Waals surface area contributed by atoms with Crippen LogP contribution in [0.15, 0.2) is 18.2 Å². The molecule has 16 heavy (non-hydrogen) atoms. The number of phenols is 1. The summed E-state index contributed by atoms with van der Waals surface area (Å²) in [5.41, 5.74) is 4.25. The van der Waals surface area contributed by atoms with Crippen molar-refractivity contribution in [2.45, 2.75) is 26.7 Å². The van der Waals surface area contributed by atoms with Gasteiger partial charge in [0.1, 0.15) is 5.75 Å². The number of hydrogen-bond donors (Lipinski definition) is 1. The van der Waals surface area contributed by atoms with Crippen LogP contribution in [0.2, 0.25) is 0 Å². The molecule has 1 aromatic carbocycles. The molecular formula is C14H15NO. The monoisotopic (exact) mass is 213 g/mol. The first-order chi connectivity index (χ1) is 7.57. The maximum absolute atomic E-state index is 9.73. The van der Waals surface area contributed by atoms with Crippen LogP contribution in [0.4, 0.5) is 0 Å². The Labute approximate surface area is 95.8 Å². The van der Waals surface area contributed by atoms with Gasteiger partial charge in [0, 0.05) is 6.08 Å². The highest BCUT2D eigenvalue weighted by Gasteiger charge is 2.32. The van der Waals surface area contributed by atoms with Gasteiger partial charge in [-0.1, -0.05) is 19.9 Å². The van der Waals surface area contributed by atoms with Crippen molar-refractivity contribution in [3.05, 3.63) is 34.9 Å². The zero-order valence-electron chi connectivity index (χ0n) is 9.78. The second kappa shape index (κ2) is 3.68. The number of fused-ring (bicyclic) bond motifs is 1. The lowest BCUT2D eigenvalue weighted by Gasteiger charge is -2.09. The number of nitriles is 1. The average molecular weight is 213 g/mol. The first kappa shape index (κ1) is 10.8. The summed E-state index contributed by atoms with van der Waals surface area (Å²) in [5, 5.41) is 18.6. The number of nitrogens with zero attached hydrogens (tertiary/aromatic N) is 1. The van der Waals surface area contributed by atoms with Crippen LogP contribution in [0.3, 0.4) is 0 Å². The number of aromatic hydroxyl groups is 1. The molecule has 2 rings (SSSR count).